The summed E-state index contributed by atoms with van der Waals surface area (Å²) in [4.78, 5) is 13.0. The molecule has 0 aromatic rings. The Hall–Kier alpha value is -1.37. The molecule has 1 aliphatic heterocycles. The molecule has 0 aromatic heterocycles. The number of allylic oxidation sites excluding steroid dienone is 3. The van der Waals surface area contributed by atoms with E-state index in [0.717, 1.165) is 32.1 Å². The van der Waals surface area contributed by atoms with Crippen molar-refractivity contribution in [2.45, 2.75) is 249 Å². The van der Waals surface area contributed by atoms with Gasteiger partial charge in [-0.05, 0) is 32.1 Å². The summed E-state index contributed by atoms with van der Waals surface area (Å²) in [6, 6.07) is -0.992. The van der Waals surface area contributed by atoms with Crippen LogP contribution in [0.3, 0.4) is 0 Å². The number of unbranched alkanes of at least 4 members (excludes halogenated alkanes) is 25. The van der Waals surface area contributed by atoms with E-state index in [1.807, 2.05) is 6.08 Å². The fourth-order valence-electron chi connectivity index (χ4n) is 7.30. The Morgan fingerprint density at radius 1 is 0.607 bits per heavy atom. The third kappa shape index (κ3) is 26.6. The summed E-state index contributed by atoms with van der Waals surface area (Å²) in [5.41, 5.74) is 0. The number of ether oxygens (including phenoxy) is 2. The Kier molecular flexibility index (Phi) is 34.5. The molecule has 1 saturated heterocycles. The van der Waals surface area contributed by atoms with Crippen molar-refractivity contribution in [1.29, 1.82) is 0 Å². The van der Waals surface area contributed by atoms with Crippen LogP contribution in [0, 0.1) is 0 Å². The van der Waals surface area contributed by atoms with E-state index in [-0.39, 0.29) is 6.61 Å². The van der Waals surface area contributed by atoms with Gasteiger partial charge < -0.3 is 45.4 Å². The SMILES string of the molecule is CCCCCCCCCCCC/C=C/CC/C=C/C(O)C(COC1OC(CO)C(O)C(O)C1O)NC(=O)C(O)CCCCCCCCCCCCCCCCC. The first kappa shape index (κ1) is 52.6. The van der Waals surface area contributed by atoms with Crippen LogP contribution < -0.4 is 5.32 Å². The molecule has 1 fully saturated rings. The number of rotatable bonds is 38. The van der Waals surface area contributed by atoms with Gasteiger partial charge in [0.15, 0.2) is 6.29 Å². The lowest BCUT2D eigenvalue weighted by atomic mass is 9.99. The maximum atomic E-state index is 13.0. The largest absolute Gasteiger partial charge is 0.394 e. The van der Waals surface area contributed by atoms with E-state index in [0.29, 0.717) is 19.3 Å². The fourth-order valence-corrected chi connectivity index (χ4v) is 7.30. The molecule has 1 amide bonds. The Bertz CT molecular complexity index is 948. The zero-order valence-electron chi connectivity index (χ0n) is 35.8. The monoisotopic (exact) mass is 798 g/mol. The number of aliphatic hydroxyl groups is 6. The van der Waals surface area contributed by atoms with Crippen LogP contribution in [-0.4, -0.2) is 98.7 Å². The highest BCUT2D eigenvalue weighted by Crippen LogP contribution is 2.23. The molecule has 0 spiro atoms. The summed E-state index contributed by atoms with van der Waals surface area (Å²) in [5.74, 6) is -0.625. The van der Waals surface area contributed by atoms with Gasteiger partial charge >= 0.3 is 0 Å². The highest BCUT2D eigenvalue weighted by atomic mass is 16.7. The second-order valence-electron chi connectivity index (χ2n) is 16.3. The van der Waals surface area contributed by atoms with Crippen molar-refractivity contribution < 1.29 is 44.9 Å². The third-order valence-corrected chi connectivity index (χ3v) is 11.1. The van der Waals surface area contributed by atoms with Crippen LogP contribution in [0.4, 0.5) is 0 Å². The summed E-state index contributed by atoms with van der Waals surface area (Å²) < 4.78 is 11.1. The van der Waals surface area contributed by atoms with E-state index in [9.17, 15) is 35.4 Å². The number of hydrogen-bond acceptors (Lipinski definition) is 9. The lowest BCUT2D eigenvalue weighted by molar-refractivity contribution is -0.302. The van der Waals surface area contributed by atoms with Crippen LogP contribution in [0.15, 0.2) is 24.3 Å². The van der Waals surface area contributed by atoms with E-state index in [1.54, 1.807) is 6.08 Å². The lowest BCUT2D eigenvalue weighted by Crippen LogP contribution is -2.60. The Morgan fingerprint density at radius 3 is 1.55 bits per heavy atom. The van der Waals surface area contributed by atoms with Gasteiger partial charge in [0.25, 0.3) is 0 Å². The van der Waals surface area contributed by atoms with Gasteiger partial charge in [0, 0.05) is 0 Å². The topological polar surface area (TPSA) is 169 Å². The van der Waals surface area contributed by atoms with E-state index in [1.165, 1.54) is 135 Å². The van der Waals surface area contributed by atoms with Crippen molar-refractivity contribution in [3.8, 4) is 0 Å². The number of amides is 1. The molecule has 0 aliphatic carbocycles. The Morgan fingerprint density at radius 2 is 1.05 bits per heavy atom. The van der Waals surface area contributed by atoms with Gasteiger partial charge in [-0.1, -0.05) is 192 Å². The molecule has 0 saturated carbocycles. The molecule has 8 atom stereocenters. The smallest absolute Gasteiger partial charge is 0.249 e. The van der Waals surface area contributed by atoms with E-state index >= 15 is 0 Å². The first-order valence-corrected chi connectivity index (χ1v) is 23.2. The van der Waals surface area contributed by atoms with Gasteiger partial charge in [-0.15, -0.1) is 0 Å². The highest BCUT2D eigenvalue weighted by Gasteiger charge is 2.44. The molecule has 0 bridgehead atoms. The predicted octanol–water partition coefficient (Wildman–Crippen LogP) is 8.47. The molecule has 1 heterocycles. The van der Waals surface area contributed by atoms with Crippen LogP contribution in [0.25, 0.3) is 0 Å². The molecule has 10 nitrogen and oxygen atoms in total. The normalized spacial score (nSPS) is 21.9. The molecule has 1 aliphatic rings. The molecule has 1 rings (SSSR count). The van der Waals surface area contributed by atoms with Gasteiger partial charge in [-0.3, -0.25) is 4.79 Å². The molecule has 330 valence electrons. The first-order valence-electron chi connectivity index (χ1n) is 23.2. The molecular formula is C46H87NO9. The van der Waals surface area contributed by atoms with Crippen molar-refractivity contribution in [3.05, 3.63) is 24.3 Å². The highest BCUT2D eigenvalue weighted by molar-refractivity contribution is 5.80. The lowest BCUT2D eigenvalue weighted by Gasteiger charge is -2.40. The van der Waals surface area contributed by atoms with Gasteiger partial charge in [0.2, 0.25) is 5.91 Å². The van der Waals surface area contributed by atoms with Gasteiger partial charge in [-0.2, -0.15) is 0 Å². The van der Waals surface area contributed by atoms with E-state index in [4.69, 9.17) is 9.47 Å². The summed E-state index contributed by atoms with van der Waals surface area (Å²) in [6.07, 6.45) is 32.6. The average molecular weight is 798 g/mol. The maximum Gasteiger partial charge on any atom is 0.249 e. The van der Waals surface area contributed by atoms with Crippen LogP contribution in [0.1, 0.15) is 200 Å². The predicted molar refractivity (Wildman–Crippen MR) is 227 cm³/mol. The molecule has 56 heavy (non-hydrogen) atoms. The zero-order valence-corrected chi connectivity index (χ0v) is 35.8. The Labute approximate surface area is 341 Å². The van der Waals surface area contributed by atoms with Gasteiger partial charge in [-0.25, -0.2) is 0 Å². The first-order chi connectivity index (χ1) is 27.3. The minimum absolute atomic E-state index is 0.307. The average Bonchev–Trinajstić information content (AvgIpc) is 3.20. The number of carbonyl (C=O) groups excluding carboxylic acids is 1. The minimum Gasteiger partial charge on any atom is -0.394 e. The van der Waals surface area contributed by atoms with Crippen molar-refractivity contribution in [2.75, 3.05) is 13.2 Å². The fraction of sp³-hybridized carbons (Fsp3) is 0.891. The summed E-state index contributed by atoms with van der Waals surface area (Å²) in [5, 5.41) is 64.6. The van der Waals surface area contributed by atoms with Crippen molar-refractivity contribution >= 4 is 5.91 Å². The second-order valence-corrected chi connectivity index (χ2v) is 16.3. The molecule has 7 N–H and O–H groups in total. The van der Waals surface area contributed by atoms with Crippen LogP contribution in [0.2, 0.25) is 0 Å². The summed E-state index contributed by atoms with van der Waals surface area (Å²) in [6.45, 7) is 3.59. The quantitative estimate of drug-likeness (QED) is 0.0239. The summed E-state index contributed by atoms with van der Waals surface area (Å²) >= 11 is 0. The molecular weight excluding hydrogens is 711 g/mol. The minimum atomic E-state index is -1.61. The van der Waals surface area contributed by atoms with Crippen LogP contribution in [-0.2, 0) is 14.3 Å². The zero-order chi connectivity index (χ0) is 41.1. The number of carbonyl (C=O) groups is 1. The van der Waals surface area contributed by atoms with E-state index in [2.05, 4.69) is 31.3 Å². The van der Waals surface area contributed by atoms with Crippen molar-refractivity contribution in [3.63, 3.8) is 0 Å². The number of aliphatic hydroxyl groups excluding tert-OH is 6. The number of hydrogen-bond donors (Lipinski definition) is 7. The van der Waals surface area contributed by atoms with Gasteiger partial charge in [0.05, 0.1) is 25.4 Å². The third-order valence-electron chi connectivity index (χ3n) is 11.1. The van der Waals surface area contributed by atoms with E-state index < -0.39 is 61.5 Å². The van der Waals surface area contributed by atoms with Gasteiger partial charge in [0.1, 0.15) is 30.5 Å². The standard InChI is InChI=1S/C46H87NO9/c1-3-5-7-9-11-13-15-17-19-21-22-24-26-28-30-32-34-39(49)38(37-55-46-44(53)43(52)42(51)41(36-48)56-46)47-45(54)40(50)35-33-31-29-27-25-23-20-18-16-14-12-10-8-6-4-2/h24,26,32,34,38-44,46,48-53H,3-23,25,27-31,33,35-37H2,1-2H3,(H,47,54)/b26-24+,34-32+. The maximum absolute atomic E-state index is 13.0. The molecule has 8 unspecified atom stereocenters. The second kappa shape index (κ2) is 36.7. The summed E-state index contributed by atoms with van der Waals surface area (Å²) in [7, 11) is 0. The number of nitrogens with one attached hydrogen (secondary N) is 1. The van der Waals surface area contributed by atoms with Crippen LogP contribution >= 0.6 is 0 Å². The Balaban J connectivity index is 2.45. The molecule has 10 heteroatoms. The van der Waals surface area contributed by atoms with Crippen LogP contribution in [0.5, 0.6) is 0 Å². The van der Waals surface area contributed by atoms with Crippen molar-refractivity contribution in [2.24, 2.45) is 0 Å². The molecule has 0 aromatic carbocycles. The molecule has 0 radical (unpaired) electrons. The van der Waals surface area contributed by atoms with Crippen molar-refractivity contribution in [1.82, 2.24) is 5.32 Å².